The first-order valence-electron chi connectivity index (χ1n) is 6.08. The van der Waals surface area contributed by atoms with E-state index in [1.807, 2.05) is 13.8 Å². The van der Waals surface area contributed by atoms with Crippen LogP contribution in [0.15, 0.2) is 15.6 Å². The fourth-order valence-electron chi connectivity index (χ4n) is 1.75. The maximum atomic E-state index is 5.50. The molecule has 0 radical (unpaired) electrons. The van der Waals surface area contributed by atoms with Crippen molar-refractivity contribution in [3.8, 4) is 0 Å². The van der Waals surface area contributed by atoms with E-state index >= 15 is 0 Å². The van der Waals surface area contributed by atoms with Gasteiger partial charge in [-0.2, -0.15) is 0 Å². The molecule has 1 aliphatic rings. The van der Waals surface area contributed by atoms with Crippen molar-refractivity contribution in [3.05, 3.63) is 17.8 Å². The van der Waals surface area contributed by atoms with E-state index in [0.29, 0.717) is 6.04 Å². The summed E-state index contributed by atoms with van der Waals surface area (Å²) in [7, 11) is 0. The van der Waals surface area contributed by atoms with Crippen LogP contribution < -0.4 is 5.32 Å². The van der Waals surface area contributed by atoms with Crippen LogP contribution in [-0.4, -0.2) is 21.9 Å². The van der Waals surface area contributed by atoms with Gasteiger partial charge in [-0.3, -0.25) is 4.99 Å². The largest absolute Gasteiger partial charge is 0.444 e. The number of aryl methyl sites for hydroxylation is 1. The zero-order valence-corrected chi connectivity index (χ0v) is 11.4. The van der Waals surface area contributed by atoms with Gasteiger partial charge in [0.1, 0.15) is 11.8 Å². The molecule has 1 aromatic heterocycles. The Bertz CT molecular complexity index is 402. The molecule has 0 saturated heterocycles. The molecule has 1 N–H and O–H groups in total. The van der Waals surface area contributed by atoms with Crippen molar-refractivity contribution in [2.24, 2.45) is 4.99 Å². The van der Waals surface area contributed by atoms with E-state index in [2.05, 4.69) is 22.2 Å². The van der Waals surface area contributed by atoms with Crippen molar-refractivity contribution in [2.75, 3.05) is 5.75 Å². The van der Waals surface area contributed by atoms with E-state index in [1.54, 1.807) is 18.0 Å². The normalized spacial score (nSPS) is 22.1. The van der Waals surface area contributed by atoms with Crippen molar-refractivity contribution in [1.29, 1.82) is 0 Å². The van der Waals surface area contributed by atoms with Crippen molar-refractivity contribution in [3.63, 3.8) is 0 Å². The van der Waals surface area contributed by atoms with E-state index in [0.717, 1.165) is 29.0 Å². The average molecular weight is 253 g/mol. The summed E-state index contributed by atoms with van der Waals surface area (Å²) in [5.74, 6) is 2.71. The predicted molar refractivity (Wildman–Crippen MR) is 71.4 cm³/mol. The Balaban J connectivity index is 1.98. The molecule has 0 saturated carbocycles. The van der Waals surface area contributed by atoms with Crippen LogP contribution >= 0.6 is 11.8 Å². The van der Waals surface area contributed by atoms with Gasteiger partial charge in [0.15, 0.2) is 5.17 Å². The molecule has 94 valence electrons. The molecule has 1 aromatic rings. The maximum absolute atomic E-state index is 5.50. The maximum Gasteiger partial charge on any atom is 0.216 e. The summed E-state index contributed by atoms with van der Waals surface area (Å²) >= 11 is 1.78. The Morgan fingerprint density at radius 3 is 3.12 bits per heavy atom. The lowest BCUT2D eigenvalue weighted by Crippen LogP contribution is -2.29. The van der Waals surface area contributed by atoms with Crippen LogP contribution in [0.25, 0.3) is 0 Å². The summed E-state index contributed by atoms with van der Waals surface area (Å²) in [4.78, 5) is 8.90. The smallest absolute Gasteiger partial charge is 0.216 e. The quantitative estimate of drug-likeness (QED) is 0.900. The minimum Gasteiger partial charge on any atom is -0.444 e. The van der Waals surface area contributed by atoms with Gasteiger partial charge in [-0.1, -0.05) is 18.7 Å². The number of thioether (sulfide) groups is 1. The molecule has 2 rings (SSSR count). The van der Waals surface area contributed by atoms with Gasteiger partial charge in [0, 0.05) is 5.75 Å². The van der Waals surface area contributed by atoms with Crippen LogP contribution in [0.5, 0.6) is 0 Å². The molecular weight excluding hydrogens is 234 g/mol. The fraction of sp³-hybridized carbons (Fsp3) is 0.667. The second kappa shape index (κ2) is 5.58. The van der Waals surface area contributed by atoms with Gasteiger partial charge in [0.05, 0.1) is 12.2 Å². The highest BCUT2D eigenvalue weighted by Gasteiger charge is 2.18. The number of hydrogen-bond acceptors (Lipinski definition) is 5. The highest BCUT2D eigenvalue weighted by Crippen LogP contribution is 2.21. The van der Waals surface area contributed by atoms with Crippen molar-refractivity contribution in [1.82, 2.24) is 10.3 Å². The van der Waals surface area contributed by atoms with E-state index < -0.39 is 0 Å². The van der Waals surface area contributed by atoms with Crippen molar-refractivity contribution < 1.29 is 4.42 Å². The summed E-state index contributed by atoms with van der Waals surface area (Å²) < 4.78 is 5.50. The Hall–Kier alpha value is -0.970. The summed E-state index contributed by atoms with van der Waals surface area (Å²) in [5, 5.41) is 4.39. The van der Waals surface area contributed by atoms with Gasteiger partial charge in [0.25, 0.3) is 0 Å². The Morgan fingerprint density at radius 1 is 1.65 bits per heavy atom. The molecule has 0 bridgehead atoms. The van der Waals surface area contributed by atoms with Crippen LogP contribution in [0.3, 0.4) is 0 Å². The van der Waals surface area contributed by atoms with Crippen molar-refractivity contribution >= 4 is 16.9 Å². The van der Waals surface area contributed by atoms with Crippen LogP contribution in [0.2, 0.25) is 0 Å². The summed E-state index contributed by atoms with van der Waals surface area (Å²) in [6.07, 6.45) is 4.04. The van der Waals surface area contributed by atoms with Crippen molar-refractivity contribution in [2.45, 2.75) is 45.7 Å². The van der Waals surface area contributed by atoms with E-state index in [-0.39, 0.29) is 6.04 Å². The number of amidine groups is 1. The second-order valence-electron chi connectivity index (χ2n) is 4.31. The number of aliphatic imine (C=N–C) groups is 1. The minimum atomic E-state index is 0.0746. The standard InChI is InChI=1S/C12H19N3OS/c1-4-10-5-6-17-12(15-10)14-9(3)11-13-7-8(2)16-11/h7,9-10H,4-6H2,1-3H3,(H,14,15). The Kier molecular flexibility index (Phi) is 4.10. The molecular formula is C12H19N3OS. The number of aromatic nitrogens is 1. The SMILES string of the molecule is CCC1CCSC(NC(C)c2ncc(C)o2)=N1. The molecule has 5 heteroatoms. The third-order valence-corrected chi connectivity index (χ3v) is 3.75. The lowest BCUT2D eigenvalue weighted by atomic mass is 10.2. The highest BCUT2D eigenvalue weighted by atomic mass is 32.2. The number of rotatable bonds is 3. The molecule has 0 fully saturated rings. The minimum absolute atomic E-state index is 0.0746. The average Bonchev–Trinajstić information content (AvgIpc) is 2.76. The summed E-state index contributed by atoms with van der Waals surface area (Å²) in [5.41, 5.74) is 0. The first-order valence-corrected chi connectivity index (χ1v) is 7.07. The van der Waals surface area contributed by atoms with Gasteiger partial charge in [-0.15, -0.1) is 0 Å². The van der Waals surface area contributed by atoms with E-state index in [9.17, 15) is 0 Å². The van der Waals surface area contributed by atoms with Crippen LogP contribution in [0, 0.1) is 6.92 Å². The monoisotopic (exact) mass is 253 g/mol. The summed E-state index contributed by atoms with van der Waals surface area (Å²) in [6.45, 7) is 6.13. The molecule has 17 heavy (non-hydrogen) atoms. The summed E-state index contributed by atoms with van der Waals surface area (Å²) in [6, 6.07) is 0.544. The first-order chi connectivity index (χ1) is 8.19. The molecule has 0 aromatic carbocycles. The number of oxazole rings is 1. The predicted octanol–water partition coefficient (Wildman–Crippen LogP) is 2.91. The number of nitrogens with one attached hydrogen (secondary N) is 1. The lowest BCUT2D eigenvalue weighted by Gasteiger charge is -2.21. The fourth-order valence-corrected chi connectivity index (χ4v) is 2.82. The van der Waals surface area contributed by atoms with Gasteiger partial charge >= 0.3 is 0 Å². The molecule has 2 unspecified atom stereocenters. The molecule has 2 heterocycles. The van der Waals surface area contributed by atoms with E-state index in [4.69, 9.17) is 4.42 Å². The van der Waals surface area contributed by atoms with Gasteiger partial charge in [-0.25, -0.2) is 4.98 Å². The highest BCUT2D eigenvalue weighted by molar-refractivity contribution is 8.13. The zero-order valence-electron chi connectivity index (χ0n) is 10.6. The molecule has 2 atom stereocenters. The van der Waals surface area contributed by atoms with Gasteiger partial charge in [-0.05, 0) is 26.7 Å². The van der Waals surface area contributed by atoms with Crippen LogP contribution in [-0.2, 0) is 0 Å². The molecule has 4 nitrogen and oxygen atoms in total. The zero-order chi connectivity index (χ0) is 12.3. The van der Waals surface area contributed by atoms with E-state index in [1.165, 1.54) is 6.42 Å². The van der Waals surface area contributed by atoms with Crippen LogP contribution in [0.1, 0.15) is 44.4 Å². The lowest BCUT2D eigenvalue weighted by molar-refractivity contribution is 0.429. The molecule has 1 aliphatic heterocycles. The number of nitrogens with zero attached hydrogens (tertiary/aromatic N) is 2. The third-order valence-electron chi connectivity index (χ3n) is 2.81. The Morgan fingerprint density at radius 2 is 2.47 bits per heavy atom. The second-order valence-corrected chi connectivity index (χ2v) is 5.39. The Labute approximate surface area is 106 Å². The third kappa shape index (κ3) is 3.25. The molecule has 0 spiro atoms. The van der Waals surface area contributed by atoms with Gasteiger partial charge in [0.2, 0.25) is 5.89 Å². The van der Waals surface area contributed by atoms with Gasteiger partial charge < -0.3 is 9.73 Å². The van der Waals surface area contributed by atoms with Crippen LogP contribution in [0.4, 0.5) is 0 Å². The first kappa shape index (κ1) is 12.5. The number of hydrogen-bond donors (Lipinski definition) is 1. The molecule has 0 aliphatic carbocycles. The molecule has 0 amide bonds. The topological polar surface area (TPSA) is 50.4 Å².